The van der Waals surface area contributed by atoms with Gasteiger partial charge >= 0.3 is 0 Å². The maximum absolute atomic E-state index is 12.7. The third-order valence-corrected chi connectivity index (χ3v) is 5.24. The minimum absolute atomic E-state index is 0.0414. The molecule has 142 valence electrons. The van der Waals surface area contributed by atoms with Gasteiger partial charge in [-0.2, -0.15) is 0 Å². The van der Waals surface area contributed by atoms with Crippen LogP contribution in [0.1, 0.15) is 40.8 Å². The van der Waals surface area contributed by atoms with E-state index in [-0.39, 0.29) is 18.1 Å². The van der Waals surface area contributed by atoms with Gasteiger partial charge in [0.25, 0.3) is 5.91 Å². The molecule has 3 aromatic heterocycles. The number of amides is 1. The summed E-state index contributed by atoms with van der Waals surface area (Å²) in [7, 11) is 1.62. The number of ether oxygens (including phenoxy) is 1. The Bertz CT molecular complexity index is 928. The number of pyridine rings is 1. The van der Waals surface area contributed by atoms with Crippen LogP contribution in [0, 0.1) is 6.92 Å². The number of hydrogen-bond acceptors (Lipinski definition) is 7. The van der Waals surface area contributed by atoms with E-state index in [9.17, 15) is 4.79 Å². The summed E-state index contributed by atoms with van der Waals surface area (Å²) in [6.45, 7) is 6.31. The Hall–Kier alpha value is -2.58. The lowest BCUT2D eigenvalue weighted by Gasteiger charge is -2.15. The van der Waals surface area contributed by atoms with Crippen LogP contribution in [0.4, 0.5) is 5.95 Å². The van der Waals surface area contributed by atoms with E-state index in [0.29, 0.717) is 18.2 Å². The zero-order chi connectivity index (χ0) is 19.4. The number of nitrogens with zero attached hydrogens (tertiary/aromatic N) is 3. The van der Waals surface area contributed by atoms with E-state index < -0.39 is 0 Å². The fraction of sp³-hybridized carbons (Fsp3) is 0.368. The fourth-order valence-corrected chi connectivity index (χ4v) is 3.52. The maximum atomic E-state index is 12.7. The summed E-state index contributed by atoms with van der Waals surface area (Å²) in [5.74, 6) is 0.187. The van der Waals surface area contributed by atoms with Crippen LogP contribution in [-0.2, 0) is 4.74 Å². The number of carbonyl (C=O) groups excluding carboxylic acids is 1. The van der Waals surface area contributed by atoms with Gasteiger partial charge in [-0.15, -0.1) is 11.3 Å². The van der Waals surface area contributed by atoms with Gasteiger partial charge in [0, 0.05) is 30.9 Å². The summed E-state index contributed by atoms with van der Waals surface area (Å²) < 4.78 is 5.98. The minimum atomic E-state index is -0.231. The second-order valence-corrected chi connectivity index (χ2v) is 7.63. The molecule has 0 aliphatic carbocycles. The Kier molecular flexibility index (Phi) is 5.98. The number of aryl methyl sites for hydroxylation is 1. The van der Waals surface area contributed by atoms with E-state index in [2.05, 4.69) is 25.6 Å². The molecule has 0 saturated heterocycles. The van der Waals surface area contributed by atoms with Crippen LogP contribution in [0.2, 0.25) is 0 Å². The molecule has 1 amide bonds. The Labute approximate surface area is 162 Å². The van der Waals surface area contributed by atoms with E-state index in [1.54, 1.807) is 19.5 Å². The number of aromatic nitrogens is 3. The van der Waals surface area contributed by atoms with Crippen LogP contribution in [0.5, 0.6) is 0 Å². The molecule has 2 atom stereocenters. The lowest BCUT2D eigenvalue weighted by molar-refractivity contribution is 0.0868. The molecule has 0 unspecified atom stereocenters. The fourth-order valence-electron chi connectivity index (χ4n) is 2.58. The van der Waals surface area contributed by atoms with Crippen LogP contribution in [0.25, 0.3) is 10.2 Å². The molecule has 0 saturated carbocycles. The molecular formula is C19H23N5O2S. The highest BCUT2D eigenvalue weighted by molar-refractivity contribution is 7.19. The van der Waals surface area contributed by atoms with Gasteiger partial charge in [0.05, 0.1) is 22.4 Å². The largest absolute Gasteiger partial charge is 0.380 e. The molecule has 3 aromatic rings. The predicted molar refractivity (Wildman–Crippen MR) is 107 cm³/mol. The number of hydrogen-bond donors (Lipinski definition) is 2. The van der Waals surface area contributed by atoms with Gasteiger partial charge in [-0.05, 0) is 38.5 Å². The van der Waals surface area contributed by atoms with Crippen LogP contribution in [0.15, 0.2) is 30.6 Å². The van der Waals surface area contributed by atoms with Gasteiger partial charge in [-0.3, -0.25) is 9.78 Å². The van der Waals surface area contributed by atoms with Crippen molar-refractivity contribution in [1.29, 1.82) is 0 Å². The van der Waals surface area contributed by atoms with Crippen LogP contribution >= 0.6 is 11.3 Å². The predicted octanol–water partition coefficient (Wildman–Crippen LogP) is 3.33. The molecule has 2 N–H and O–H groups in total. The molecule has 3 heterocycles. The topological polar surface area (TPSA) is 89.0 Å². The Morgan fingerprint density at radius 1 is 1.33 bits per heavy atom. The Morgan fingerprint density at radius 2 is 2.15 bits per heavy atom. The summed E-state index contributed by atoms with van der Waals surface area (Å²) in [6.07, 6.45) is 3.46. The van der Waals surface area contributed by atoms with E-state index in [0.717, 1.165) is 20.7 Å². The third kappa shape index (κ3) is 4.58. The van der Waals surface area contributed by atoms with Crippen LogP contribution in [-0.4, -0.2) is 40.6 Å². The second-order valence-electron chi connectivity index (χ2n) is 6.38. The van der Waals surface area contributed by atoms with Crippen molar-refractivity contribution in [2.24, 2.45) is 0 Å². The lowest BCUT2D eigenvalue weighted by Crippen LogP contribution is -2.32. The van der Waals surface area contributed by atoms with Gasteiger partial charge in [-0.25, -0.2) is 9.97 Å². The quantitative estimate of drug-likeness (QED) is 0.648. The molecule has 27 heavy (non-hydrogen) atoms. The van der Waals surface area contributed by atoms with Crippen LogP contribution in [0.3, 0.4) is 0 Å². The van der Waals surface area contributed by atoms with Crippen molar-refractivity contribution in [3.8, 4) is 0 Å². The number of methoxy groups -OCH3 is 1. The number of rotatable bonds is 7. The lowest BCUT2D eigenvalue weighted by atomic mass is 10.1. The number of fused-ring (bicyclic) bond motifs is 1. The average Bonchev–Trinajstić information content (AvgIpc) is 3.05. The first-order chi connectivity index (χ1) is 13.0. The van der Waals surface area contributed by atoms with Crippen molar-refractivity contribution in [3.63, 3.8) is 0 Å². The molecule has 0 fully saturated rings. The number of thiophene rings is 1. The monoisotopic (exact) mass is 385 g/mol. The zero-order valence-electron chi connectivity index (χ0n) is 15.8. The maximum Gasteiger partial charge on any atom is 0.271 e. The molecule has 3 rings (SSSR count). The van der Waals surface area contributed by atoms with Crippen molar-refractivity contribution >= 4 is 33.4 Å². The molecule has 0 bridgehead atoms. The summed E-state index contributed by atoms with van der Waals surface area (Å²) in [4.78, 5) is 27.0. The third-order valence-electron chi connectivity index (χ3n) is 4.19. The normalized spacial score (nSPS) is 13.3. The number of anilines is 1. The van der Waals surface area contributed by atoms with Gasteiger partial charge in [0.2, 0.25) is 5.95 Å². The molecule has 0 aliphatic rings. The van der Waals surface area contributed by atoms with Gasteiger partial charge in [0.15, 0.2) is 5.69 Å². The summed E-state index contributed by atoms with van der Waals surface area (Å²) in [5, 5.41) is 6.15. The van der Waals surface area contributed by atoms with Crippen molar-refractivity contribution in [1.82, 2.24) is 20.3 Å². The minimum Gasteiger partial charge on any atom is -0.380 e. The van der Waals surface area contributed by atoms with E-state index in [4.69, 9.17) is 4.74 Å². The van der Waals surface area contributed by atoms with Crippen molar-refractivity contribution in [2.75, 3.05) is 19.0 Å². The molecule has 0 radical (unpaired) electrons. The van der Waals surface area contributed by atoms with Crippen LogP contribution < -0.4 is 10.6 Å². The summed E-state index contributed by atoms with van der Waals surface area (Å²) >= 11 is 1.52. The Morgan fingerprint density at radius 3 is 2.85 bits per heavy atom. The van der Waals surface area contributed by atoms with E-state index in [1.807, 2.05) is 39.0 Å². The molecule has 0 aromatic carbocycles. The first-order valence-electron chi connectivity index (χ1n) is 8.73. The first-order valence-corrected chi connectivity index (χ1v) is 9.55. The second kappa shape index (κ2) is 8.41. The number of nitrogens with one attached hydrogen (secondary N) is 2. The number of carbonyl (C=O) groups is 1. The highest BCUT2D eigenvalue weighted by atomic mass is 32.1. The molecular weight excluding hydrogens is 362 g/mol. The standard InChI is InChI=1S/C19H23N5O2S/c1-11(26-4)9-21-18(25)16-17-15(8-12(2)27-17)23-19(24-16)22-13(3)14-6-5-7-20-10-14/h5-8,10-11,13H,9H2,1-4H3,(H,21,25)(H,22,23,24)/t11-,13-/m0/s1. The van der Waals surface area contributed by atoms with E-state index >= 15 is 0 Å². The molecule has 8 heteroatoms. The molecule has 0 aliphatic heterocycles. The van der Waals surface area contributed by atoms with Gasteiger partial charge in [-0.1, -0.05) is 6.07 Å². The highest BCUT2D eigenvalue weighted by Crippen LogP contribution is 2.28. The van der Waals surface area contributed by atoms with Crippen molar-refractivity contribution in [3.05, 3.63) is 46.7 Å². The van der Waals surface area contributed by atoms with E-state index in [1.165, 1.54) is 11.3 Å². The summed E-state index contributed by atoms with van der Waals surface area (Å²) in [6, 6.07) is 5.80. The van der Waals surface area contributed by atoms with Crippen molar-refractivity contribution < 1.29 is 9.53 Å². The van der Waals surface area contributed by atoms with Crippen molar-refractivity contribution in [2.45, 2.75) is 32.9 Å². The van der Waals surface area contributed by atoms with Gasteiger partial charge in [0.1, 0.15) is 0 Å². The van der Waals surface area contributed by atoms with Gasteiger partial charge < -0.3 is 15.4 Å². The average molecular weight is 385 g/mol. The SMILES string of the molecule is CO[C@@H](C)CNC(=O)c1nc(N[C@@H](C)c2cccnc2)nc2cc(C)sc12. The Balaban J connectivity index is 1.89. The first kappa shape index (κ1) is 19.2. The molecule has 0 spiro atoms. The smallest absolute Gasteiger partial charge is 0.271 e. The highest BCUT2D eigenvalue weighted by Gasteiger charge is 2.18. The molecule has 7 nitrogen and oxygen atoms in total. The summed E-state index contributed by atoms with van der Waals surface area (Å²) in [5.41, 5.74) is 2.16. The zero-order valence-corrected chi connectivity index (χ0v) is 16.6.